The standard InChI is InChI=1S/C48H34N2/c1-48(2)41-24-11-10-19-35(41)36-28-27-33(30-42(36)48)46-39-22-8-6-20-37(39)45(38-21-7-9-23-40(38)46)32-17-14-18-34(29-32)50-44-26-13-12-25-43(44)49-47(50)31-15-4-3-5-16-31/h3-30H,1-2H3. The maximum Gasteiger partial charge on any atom is 0.145 e. The van der Waals surface area contributed by atoms with E-state index in [1.165, 1.54) is 66.1 Å². The van der Waals surface area contributed by atoms with Crippen molar-refractivity contribution in [3.63, 3.8) is 0 Å². The third-order valence-electron chi connectivity index (χ3n) is 10.8. The van der Waals surface area contributed by atoms with Gasteiger partial charge in [-0.2, -0.15) is 0 Å². The summed E-state index contributed by atoms with van der Waals surface area (Å²) >= 11 is 0. The molecule has 1 heterocycles. The number of nitrogens with zero attached hydrogens (tertiary/aromatic N) is 2. The van der Waals surface area contributed by atoms with Gasteiger partial charge in [-0.05, 0) is 96.4 Å². The van der Waals surface area contributed by atoms with Crippen molar-refractivity contribution in [2.24, 2.45) is 0 Å². The minimum Gasteiger partial charge on any atom is -0.292 e. The first kappa shape index (κ1) is 28.7. The van der Waals surface area contributed by atoms with Crippen molar-refractivity contribution >= 4 is 32.6 Å². The van der Waals surface area contributed by atoms with Crippen LogP contribution in [0.5, 0.6) is 0 Å². The van der Waals surface area contributed by atoms with E-state index >= 15 is 0 Å². The van der Waals surface area contributed by atoms with E-state index in [9.17, 15) is 0 Å². The van der Waals surface area contributed by atoms with Gasteiger partial charge in [0.25, 0.3) is 0 Å². The van der Waals surface area contributed by atoms with E-state index in [1.54, 1.807) is 0 Å². The molecule has 0 atom stereocenters. The van der Waals surface area contributed by atoms with Crippen molar-refractivity contribution < 1.29 is 0 Å². The molecular formula is C48H34N2. The molecule has 0 fully saturated rings. The first-order valence-corrected chi connectivity index (χ1v) is 17.4. The molecule has 0 unspecified atom stereocenters. The molecule has 9 aromatic rings. The summed E-state index contributed by atoms with van der Waals surface area (Å²) in [6.45, 7) is 4.72. The number of rotatable bonds is 4. The van der Waals surface area contributed by atoms with Gasteiger partial charge in [-0.15, -0.1) is 0 Å². The Morgan fingerprint density at radius 1 is 0.440 bits per heavy atom. The number of hydrogen-bond donors (Lipinski definition) is 0. The van der Waals surface area contributed by atoms with Gasteiger partial charge in [0.2, 0.25) is 0 Å². The molecule has 0 aliphatic heterocycles. The fraction of sp³-hybridized carbons (Fsp3) is 0.0625. The molecule has 50 heavy (non-hydrogen) atoms. The van der Waals surface area contributed by atoms with Crippen LogP contribution in [0.15, 0.2) is 170 Å². The van der Waals surface area contributed by atoms with Crippen LogP contribution in [0.3, 0.4) is 0 Å². The molecule has 0 saturated carbocycles. The minimum absolute atomic E-state index is 0.0655. The summed E-state index contributed by atoms with van der Waals surface area (Å²) in [5.74, 6) is 0.940. The smallest absolute Gasteiger partial charge is 0.145 e. The van der Waals surface area contributed by atoms with Crippen LogP contribution in [0.1, 0.15) is 25.0 Å². The van der Waals surface area contributed by atoms with Crippen LogP contribution < -0.4 is 0 Å². The molecule has 0 N–H and O–H groups in total. The zero-order valence-electron chi connectivity index (χ0n) is 28.1. The van der Waals surface area contributed by atoms with Gasteiger partial charge in [0.15, 0.2) is 0 Å². The molecule has 0 saturated heterocycles. The highest BCUT2D eigenvalue weighted by Crippen LogP contribution is 2.51. The molecule has 1 aliphatic rings. The van der Waals surface area contributed by atoms with Gasteiger partial charge >= 0.3 is 0 Å². The largest absolute Gasteiger partial charge is 0.292 e. The average molecular weight is 639 g/mol. The summed E-state index contributed by atoms with van der Waals surface area (Å²) < 4.78 is 2.30. The second kappa shape index (κ2) is 10.9. The molecule has 0 spiro atoms. The number of imidazole rings is 1. The van der Waals surface area contributed by atoms with Gasteiger partial charge < -0.3 is 0 Å². The maximum atomic E-state index is 5.12. The molecule has 1 aromatic heterocycles. The lowest BCUT2D eigenvalue weighted by atomic mass is 9.80. The van der Waals surface area contributed by atoms with Crippen molar-refractivity contribution in [1.82, 2.24) is 9.55 Å². The van der Waals surface area contributed by atoms with Crippen LogP contribution in [-0.2, 0) is 5.41 Å². The molecule has 10 rings (SSSR count). The van der Waals surface area contributed by atoms with Crippen molar-refractivity contribution in [1.29, 1.82) is 0 Å². The number of benzene rings is 8. The maximum absolute atomic E-state index is 5.12. The van der Waals surface area contributed by atoms with Crippen LogP contribution in [0.2, 0.25) is 0 Å². The first-order valence-electron chi connectivity index (χ1n) is 17.4. The third kappa shape index (κ3) is 4.18. The lowest BCUT2D eigenvalue weighted by Crippen LogP contribution is -2.14. The summed E-state index contributed by atoms with van der Waals surface area (Å²) in [5, 5.41) is 5.02. The molecule has 0 bridgehead atoms. The Morgan fingerprint density at radius 2 is 1.00 bits per heavy atom. The quantitative estimate of drug-likeness (QED) is 0.175. The summed E-state index contributed by atoms with van der Waals surface area (Å²) in [5.41, 5.74) is 14.7. The molecule has 0 radical (unpaired) electrons. The van der Waals surface area contributed by atoms with Crippen LogP contribution in [-0.4, -0.2) is 9.55 Å². The zero-order valence-corrected chi connectivity index (χ0v) is 28.1. The van der Waals surface area contributed by atoms with Crippen molar-refractivity contribution in [2.45, 2.75) is 19.3 Å². The molecule has 2 nitrogen and oxygen atoms in total. The van der Waals surface area contributed by atoms with E-state index in [0.29, 0.717) is 0 Å². The molecule has 0 amide bonds. The Kier molecular flexibility index (Phi) is 6.25. The van der Waals surface area contributed by atoms with Gasteiger partial charge in [0.1, 0.15) is 5.82 Å². The summed E-state index contributed by atoms with van der Waals surface area (Å²) in [6.07, 6.45) is 0. The lowest BCUT2D eigenvalue weighted by Gasteiger charge is -2.23. The van der Waals surface area contributed by atoms with Gasteiger partial charge in [0, 0.05) is 16.7 Å². The molecule has 1 aliphatic carbocycles. The van der Waals surface area contributed by atoms with E-state index in [0.717, 1.165) is 28.1 Å². The van der Waals surface area contributed by atoms with Gasteiger partial charge in [0.05, 0.1) is 11.0 Å². The monoisotopic (exact) mass is 638 g/mol. The van der Waals surface area contributed by atoms with Crippen LogP contribution in [0.25, 0.3) is 83.0 Å². The fourth-order valence-electron chi connectivity index (χ4n) is 8.48. The summed E-state index contributed by atoms with van der Waals surface area (Å²) in [7, 11) is 0. The van der Waals surface area contributed by atoms with Crippen molar-refractivity contribution in [3.8, 4) is 50.5 Å². The van der Waals surface area contributed by atoms with Crippen molar-refractivity contribution in [2.75, 3.05) is 0 Å². The third-order valence-corrected chi connectivity index (χ3v) is 10.8. The van der Waals surface area contributed by atoms with E-state index in [4.69, 9.17) is 4.98 Å². The Hall–Kier alpha value is -6.25. The van der Waals surface area contributed by atoms with E-state index in [1.807, 2.05) is 0 Å². The van der Waals surface area contributed by atoms with E-state index < -0.39 is 0 Å². The van der Waals surface area contributed by atoms with E-state index in [2.05, 4.69) is 188 Å². The minimum atomic E-state index is -0.0655. The normalized spacial score (nSPS) is 13.2. The van der Waals surface area contributed by atoms with E-state index in [-0.39, 0.29) is 5.41 Å². The average Bonchev–Trinajstić information content (AvgIpc) is 3.67. The second-order valence-electron chi connectivity index (χ2n) is 13.9. The van der Waals surface area contributed by atoms with Gasteiger partial charge in [-0.25, -0.2) is 4.98 Å². The van der Waals surface area contributed by atoms with Crippen LogP contribution in [0.4, 0.5) is 0 Å². The molecule has 236 valence electrons. The van der Waals surface area contributed by atoms with Gasteiger partial charge in [-0.1, -0.05) is 153 Å². The molecule has 8 aromatic carbocycles. The summed E-state index contributed by atoms with van der Waals surface area (Å²) in [6, 6.07) is 61.8. The zero-order chi connectivity index (χ0) is 33.4. The number of hydrogen-bond acceptors (Lipinski definition) is 1. The number of aromatic nitrogens is 2. The molecular weight excluding hydrogens is 605 g/mol. The Morgan fingerprint density at radius 3 is 1.72 bits per heavy atom. The predicted molar refractivity (Wildman–Crippen MR) is 210 cm³/mol. The van der Waals surface area contributed by atoms with Gasteiger partial charge in [-0.3, -0.25) is 4.57 Å². The Labute approximate surface area is 291 Å². The Bertz CT molecular complexity index is 2730. The predicted octanol–water partition coefficient (Wildman–Crippen LogP) is 12.6. The van der Waals surface area contributed by atoms with Crippen LogP contribution >= 0.6 is 0 Å². The SMILES string of the molecule is CC1(C)c2ccccc2-c2ccc(-c3c4ccccc4c(-c4cccc(-n5c(-c6ccccc6)nc6ccccc65)c4)c4ccccc34)cc21. The summed E-state index contributed by atoms with van der Waals surface area (Å²) in [4.78, 5) is 5.12. The topological polar surface area (TPSA) is 17.8 Å². The lowest BCUT2D eigenvalue weighted by molar-refractivity contribution is 0.660. The highest BCUT2D eigenvalue weighted by molar-refractivity contribution is 6.21. The number of para-hydroxylation sites is 2. The number of fused-ring (bicyclic) bond motifs is 6. The fourth-order valence-corrected chi connectivity index (χ4v) is 8.48. The molecule has 2 heteroatoms. The van der Waals surface area contributed by atoms with Crippen LogP contribution in [0, 0.1) is 0 Å². The first-order chi connectivity index (χ1) is 24.6. The Balaban J connectivity index is 1.21. The second-order valence-corrected chi connectivity index (χ2v) is 13.9. The highest BCUT2D eigenvalue weighted by Gasteiger charge is 2.35. The highest BCUT2D eigenvalue weighted by atomic mass is 15.1. The van der Waals surface area contributed by atoms with Crippen molar-refractivity contribution in [3.05, 3.63) is 181 Å².